The van der Waals surface area contributed by atoms with Gasteiger partial charge in [-0.25, -0.2) is 0 Å². The molecule has 0 amide bonds. The molecule has 94 valence electrons. The number of nitrogens with two attached hydrogens (primary N) is 1. The molecule has 0 aliphatic heterocycles. The van der Waals surface area contributed by atoms with E-state index in [1.54, 1.807) is 0 Å². The average Bonchev–Trinajstić information content (AvgIpc) is 3.09. The van der Waals surface area contributed by atoms with Crippen molar-refractivity contribution in [3.8, 4) is 5.75 Å². The Morgan fingerprint density at radius 1 is 1.35 bits per heavy atom. The summed E-state index contributed by atoms with van der Waals surface area (Å²) in [5, 5.41) is 9.95. The van der Waals surface area contributed by atoms with E-state index in [1.165, 1.54) is 5.56 Å². The lowest BCUT2D eigenvalue weighted by Crippen LogP contribution is -2.20. The van der Waals surface area contributed by atoms with Gasteiger partial charge in [-0.05, 0) is 45.0 Å². The second-order valence-electron chi connectivity index (χ2n) is 5.39. The highest BCUT2D eigenvalue weighted by Crippen LogP contribution is 2.50. The summed E-state index contributed by atoms with van der Waals surface area (Å²) in [4.78, 5) is 2.17. The fourth-order valence-corrected chi connectivity index (χ4v) is 2.25. The van der Waals surface area contributed by atoms with Crippen LogP contribution in [0.5, 0.6) is 5.75 Å². The van der Waals surface area contributed by atoms with E-state index in [2.05, 4.69) is 25.1 Å². The lowest BCUT2D eigenvalue weighted by molar-refractivity contribution is 0.413. The van der Waals surface area contributed by atoms with E-state index in [4.69, 9.17) is 5.73 Å². The molecule has 0 heterocycles. The highest BCUT2D eigenvalue weighted by atomic mass is 16.3. The van der Waals surface area contributed by atoms with Crippen molar-refractivity contribution in [2.75, 3.05) is 27.2 Å². The number of hydrogen-bond donors (Lipinski definition) is 2. The van der Waals surface area contributed by atoms with Gasteiger partial charge in [0.15, 0.2) is 0 Å². The zero-order valence-corrected chi connectivity index (χ0v) is 10.7. The Bertz CT molecular complexity index is 397. The van der Waals surface area contributed by atoms with Gasteiger partial charge in [0.25, 0.3) is 0 Å². The molecule has 0 atom stereocenters. The van der Waals surface area contributed by atoms with E-state index < -0.39 is 0 Å². The number of aromatic hydroxyl groups is 1. The molecular formula is C14H22N2O. The Morgan fingerprint density at radius 3 is 2.59 bits per heavy atom. The van der Waals surface area contributed by atoms with Gasteiger partial charge in [0.1, 0.15) is 5.75 Å². The van der Waals surface area contributed by atoms with Crippen LogP contribution in [0.1, 0.15) is 24.0 Å². The maximum Gasteiger partial charge on any atom is 0.119 e. The molecule has 0 spiro atoms. The van der Waals surface area contributed by atoms with E-state index in [0.717, 1.165) is 31.4 Å². The van der Waals surface area contributed by atoms with Crippen LogP contribution in [-0.2, 0) is 11.8 Å². The third-order valence-corrected chi connectivity index (χ3v) is 3.72. The second-order valence-corrected chi connectivity index (χ2v) is 5.39. The topological polar surface area (TPSA) is 49.5 Å². The van der Waals surface area contributed by atoms with Crippen LogP contribution < -0.4 is 5.73 Å². The quantitative estimate of drug-likeness (QED) is 0.811. The highest BCUT2D eigenvalue weighted by Gasteiger charge is 2.44. The van der Waals surface area contributed by atoms with Crippen molar-refractivity contribution in [1.82, 2.24) is 4.90 Å². The molecule has 0 radical (unpaired) electrons. The Hall–Kier alpha value is -1.06. The molecule has 0 bridgehead atoms. The molecule has 0 unspecified atom stereocenters. The lowest BCUT2D eigenvalue weighted by atomic mass is 9.93. The summed E-state index contributed by atoms with van der Waals surface area (Å²) >= 11 is 0. The maximum atomic E-state index is 9.95. The van der Waals surface area contributed by atoms with Crippen LogP contribution in [0.3, 0.4) is 0 Å². The molecule has 1 fully saturated rings. The second kappa shape index (κ2) is 4.67. The largest absolute Gasteiger partial charge is 0.508 e. The summed E-state index contributed by atoms with van der Waals surface area (Å²) in [5.74, 6) is 0.404. The fraction of sp³-hybridized carbons (Fsp3) is 0.571. The maximum absolute atomic E-state index is 9.95. The number of hydrogen-bond acceptors (Lipinski definition) is 3. The molecular weight excluding hydrogens is 212 g/mol. The summed E-state index contributed by atoms with van der Waals surface area (Å²) in [5.41, 5.74) is 8.23. The number of likely N-dealkylation sites (N-methyl/N-ethyl adjacent to an activating group) is 1. The smallest absolute Gasteiger partial charge is 0.119 e. The number of rotatable bonds is 5. The third-order valence-electron chi connectivity index (χ3n) is 3.72. The first-order valence-corrected chi connectivity index (χ1v) is 6.24. The normalized spacial score (nSPS) is 17.4. The minimum absolute atomic E-state index is 0.0677. The predicted octanol–water partition coefficient (Wildman–Crippen LogP) is 1.49. The molecule has 1 aromatic carbocycles. The summed E-state index contributed by atoms with van der Waals surface area (Å²) in [6, 6.07) is 5.96. The first kappa shape index (κ1) is 12.4. The number of phenols is 1. The van der Waals surface area contributed by atoms with Gasteiger partial charge < -0.3 is 15.7 Å². The molecule has 3 nitrogen and oxygen atoms in total. The molecule has 3 heteroatoms. The number of nitrogens with zero attached hydrogens (tertiary/aromatic N) is 1. The predicted molar refractivity (Wildman–Crippen MR) is 70.3 cm³/mol. The van der Waals surface area contributed by atoms with Crippen molar-refractivity contribution in [2.24, 2.45) is 5.73 Å². The Labute approximate surface area is 103 Å². The Morgan fingerprint density at radius 2 is 2.06 bits per heavy atom. The van der Waals surface area contributed by atoms with Crippen molar-refractivity contribution >= 4 is 0 Å². The molecule has 1 aliphatic rings. The molecule has 0 aromatic heterocycles. The van der Waals surface area contributed by atoms with E-state index in [0.29, 0.717) is 12.3 Å². The first-order chi connectivity index (χ1) is 8.07. The van der Waals surface area contributed by atoms with Crippen molar-refractivity contribution in [3.63, 3.8) is 0 Å². The van der Waals surface area contributed by atoms with Gasteiger partial charge >= 0.3 is 0 Å². The molecule has 2 rings (SSSR count). The summed E-state index contributed by atoms with van der Waals surface area (Å²) in [6.07, 6.45) is 3.23. The Kier molecular flexibility index (Phi) is 3.40. The minimum Gasteiger partial charge on any atom is -0.508 e. The summed E-state index contributed by atoms with van der Waals surface area (Å²) in [6.45, 7) is 1.66. The van der Waals surface area contributed by atoms with Crippen LogP contribution in [-0.4, -0.2) is 37.2 Å². The monoisotopic (exact) mass is 234 g/mol. The SMILES string of the molecule is CN(C)CCc1ccc(O)c(C2(CN)CC2)c1. The summed E-state index contributed by atoms with van der Waals surface area (Å²) < 4.78 is 0. The zero-order chi connectivity index (χ0) is 12.5. The van der Waals surface area contributed by atoms with Crippen LogP contribution in [0.25, 0.3) is 0 Å². The molecule has 1 aliphatic carbocycles. The van der Waals surface area contributed by atoms with Crippen molar-refractivity contribution in [3.05, 3.63) is 29.3 Å². The zero-order valence-electron chi connectivity index (χ0n) is 10.7. The molecule has 3 N–H and O–H groups in total. The van der Waals surface area contributed by atoms with Crippen LogP contribution in [0.15, 0.2) is 18.2 Å². The molecule has 17 heavy (non-hydrogen) atoms. The first-order valence-electron chi connectivity index (χ1n) is 6.24. The molecule has 1 saturated carbocycles. The van der Waals surface area contributed by atoms with E-state index in [9.17, 15) is 5.11 Å². The average molecular weight is 234 g/mol. The highest BCUT2D eigenvalue weighted by molar-refractivity contribution is 5.45. The van der Waals surface area contributed by atoms with Crippen LogP contribution >= 0.6 is 0 Å². The van der Waals surface area contributed by atoms with Crippen molar-refractivity contribution in [2.45, 2.75) is 24.7 Å². The van der Waals surface area contributed by atoms with Gasteiger partial charge in [-0.1, -0.05) is 12.1 Å². The van der Waals surface area contributed by atoms with Gasteiger partial charge in [0.05, 0.1) is 0 Å². The van der Waals surface area contributed by atoms with Crippen LogP contribution in [0.2, 0.25) is 0 Å². The lowest BCUT2D eigenvalue weighted by Gasteiger charge is -2.17. The van der Waals surface area contributed by atoms with Crippen LogP contribution in [0.4, 0.5) is 0 Å². The van der Waals surface area contributed by atoms with E-state index in [-0.39, 0.29) is 5.41 Å². The van der Waals surface area contributed by atoms with Gasteiger partial charge in [0.2, 0.25) is 0 Å². The molecule has 0 saturated heterocycles. The van der Waals surface area contributed by atoms with Gasteiger partial charge in [-0.15, -0.1) is 0 Å². The van der Waals surface area contributed by atoms with E-state index >= 15 is 0 Å². The summed E-state index contributed by atoms with van der Waals surface area (Å²) in [7, 11) is 4.15. The van der Waals surface area contributed by atoms with Crippen LogP contribution in [0, 0.1) is 0 Å². The fourth-order valence-electron chi connectivity index (χ4n) is 2.25. The van der Waals surface area contributed by atoms with Crippen molar-refractivity contribution < 1.29 is 5.11 Å². The van der Waals surface area contributed by atoms with E-state index in [1.807, 2.05) is 12.1 Å². The van der Waals surface area contributed by atoms with Gasteiger partial charge in [-0.2, -0.15) is 0 Å². The third kappa shape index (κ3) is 2.61. The van der Waals surface area contributed by atoms with Gasteiger partial charge in [0, 0.05) is 24.1 Å². The number of phenolic OH excluding ortho intramolecular Hbond substituents is 1. The Balaban J connectivity index is 2.18. The molecule has 1 aromatic rings. The number of benzene rings is 1. The standard InChI is InChI=1S/C14H22N2O/c1-16(2)8-5-11-3-4-13(17)12(9-11)14(10-15)6-7-14/h3-4,9,17H,5-8,10,15H2,1-2H3. The van der Waals surface area contributed by atoms with Crippen molar-refractivity contribution in [1.29, 1.82) is 0 Å². The van der Waals surface area contributed by atoms with Gasteiger partial charge in [-0.3, -0.25) is 0 Å². The minimum atomic E-state index is 0.0677.